The SMILES string of the molecule is Cc1cccc(C(=O)O)c1N(C)S(=O)(=O)c1ccc(OCCCNC(=O)c2cc3ccccc3o2)cc1. The number of carbonyl (C=O) groups is 2. The van der Waals surface area contributed by atoms with Gasteiger partial charge in [-0.05, 0) is 61.4 Å². The quantitative estimate of drug-likeness (QED) is 0.294. The van der Waals surface area contributed by atoms with Gasteiger partial charge in [0.2, 0.25) is 0 Å². The van der Waals surface area contributed by atoms with Crippen molar-refractivity contribution in [1.82, 2.24) is 5.32 Å². The third kappa shape index (κ3) is 5.59. The van der Waals surface area contributed by atoms with Crippen molar-refractivity contribution in [3.8, 4) is 5.75 Å². The van der Waals surface area contributed by atoms with Crippen LogP contribution in [0.4, 0.5) is 5.69 Å². The minimum absolute atomic E-state index is 0.0000370. The van der Waals surface area contributed by atoms with Crippen molar-refractivity contribution in [2.45, 2.75) is 18.2 Å². The summed E-state index contributed by atoms with van der Waals surface area (Å²) in [6.07, 6.45) is 0.528. The standard InChI is InChI=1S/C27H26N2O7S/c1-18-7-5-9-22(27(31)32)25(18)29(2)37(33,34)21-13-11-20(12-14-21)35-16-6-15-28-26(30)24-17-19-8-3-4-10-23(19)36-24/h3-5,7-14,17H,6,15-16H2,1-2H3,(H,28,30)(H,31,32). The van der Waals surface area contributed by atoms with E-state index in [4.69, 9.17) is 9.15 Å². The summed E-state index contributed by atoms with van der Waals surface area (Å²) >= 11 is 0. The predicted molar refractivity (Wildman–Crippen MR) is 139 cm³/mol. The first-order valence-electron chi connectivity index (χ1n) is 11.5. The summed E-state index contributed by atoms with van der Waals surface area (Å²) in [4.78, 5) is 23.9. The predicted octanol–water partition coefficient (Wildman–Crippen LogP) is 4.46. The Morgan fingerprint density at radius 1 is 1.03 bits per heavy atom. The van der Waals surface area contributed by atoms with Crippen molar-refractivity contribution < 1.29 is 32.3 Å². The highest BCUT2D eigenvalue weighted by molar-refractivity contribution is 7.92. The van der Waals surface area contributed by atoms with E-state index in [0.29, 0.717) is 36.5 Å². The van der Waals surface area contributed by atoms with Crippen molar-refractivity contribution in [1.29, 1.82) is 0 Å². The molecule has 0 aliphatic carbocycles. The first-order chi connectivity index (χ1) is 17.7. The maximum Gasteiger partial charge on any atom is 0.337 e. The second kappa shape index (κ2) is 10.8. The molecule has 0 saturated heterocycles. The fourth-order valence-corrected chi connectivity index (χ4v) is 5.16. The van der Waals surface area contributed by atoms with Crippen LogP contribution in [-0.2, 0) is 10.0 Å². The van der Waals surface area contributed by atoms with Crippen LogP contribution in [0.2, 0.25) is 0 Å². The summed E-state index contributed by atoms with van der Waals surface area (Å²) in [5, 5.41) is 13.1. The monoisotopic (exact) mass is 522 g/mol. The lowest BCUT2D eigenvalue weighted by Crippen LogP contribution is -2.29. The molecule has 0 fully saturated rings. The molecule has 0 spiro atoms. The Hall–Kier alpha value is -4.31. The van der Waals surface area contributed by atoms with Crippen LogP contribution < -0.4 is 14.4 Å². The van der Waals surface area contributed by atoms with Crippen molar-refractivity contribution >= 4 is 38.6 Å². The molecule has 10 heteroatoms. The zero-order valence-electron chi connectivity index (χ0n) is 20.3. The van der Waals surface area contributed by atoms with Gasteiger partial charge in [-0.3, -0.25) is 9.10 Å². The van der Waals surface area contributed by atoms with Crippen molar-refractivity contribution in [3.63, 3.8) is 0 Å². The van der Waals surface area contributed by atoms with Crippen LogP contribution in [0.1, 0.15) is 32.9 Å². The molecule has 0 aliphatic heterocycles. The molecule has 1 heterocycles. The van der Waals surface area contributed by atoms with E-state index >= 15 is 0 Å². The topological polar surface area (TPSA) is 126 Å². The average Bonchev–Trinajstić information content (AvgIpc) is 3.32. The van der Waals surface area contributed by atoms with Crippen LogP contribution >= 0.6 is 0 Å². The minimum Gasteiger partial charge on any atom is -0.494 e. The Balaban J connectivity index is 1.31. The number of hydrogen-bond acceptors (Lipinski definition) is 6. The van der Waals surface area contributed by atoms with E-state index in [0.717, 1.165) is 9.69 Å². The molecule has 4 aromatic rings. The number of anilines is 1. The first-order valence-corrected chi connectivity index (χ1v) is 12.9. The van der Waals surface area contributed by atoms with Gasteiger partial charge < -0.3 is 19.6 Å². The molecule has 0 bridgehead atoms. The fraction of sp³-hybridized carbons (Fsp3) is 0.185. The number of aromatic carboxylic acids is 1. The molecule has 192 valence electrons. The highest BCUT2D eigenvalue weighted by Crippen LogP contribution is 2.30. The highest BCUT2D eigenvalue weighted by Gasteiger charge is 2.26. The lowest BCUT2D eigenvalue weighted by molar-refractivity contribution is 0.0697. The zero-order chi connectivity index (χ0) is 26.6. The third-order valence-corrected chi connectivity index (χ3v) is 7.56. The number of fused-ring (bicyclic) bond motifs is 1. The number of benzene rings is 3. The molecule has 1 amide bonds. The lowest BCUT2D eigenvalue weighted by Gasteiger charge is -2.23. The summed E-state index contributed by atoms with van der Waals surface area (Å²) in [6, 6.07) is 19.5. The molecule has 4 rings (SSSR count). The van der Waals surface area contributed by atoms with Gasteiger partial charge in [-0.1, -0.05) is 30.3 Å². The molecule has 1 aromatic heterocycles. The number of sulfonamides is 1. The van der Waals surface area contributed by atoms with Gasteiger partial charge in [0.25, 0.3) is 15.9 Å². The van der Waals surface area contributed by atoms with Crippen LogP contribution in [0.3, 0.4) is 0 Å². The molecule has 0 atom stereocenters. The number of para-hydroxylation sites is 2. The van der Waals surface area contributed by atoms with Crippen LogP contribution in [-0.4, -0.2) is 45.6 Å². The number of furan rings is 1. The Bertz CT molecular complexity index is 1510. The van der Waals surface area contributed by atoms with E-state index < -0.39 is 16.0 Å². The maximum atomic E-state index is 13.2. The van der Waals surface area contributed by atoms with Gasteiger partial charge in [-0.25, -0.2) is 13.2 Å². The number of ether oxygens (including phenoxy) is 1. The number of hydrogen-bond donors (Lipinski definition) is 2. The number of nitrogens with zero attached hydrogens (tertiary/aromatic N) is 1. The summed E-state index contributed by atoms with van der Waals surface area (Å²) in [5.74, 6) is -0.815. The zero-order valence-corrected chi connectivity index (χ0v) is 21.1. The lowest BCUT2D eigenvalue weighted by atomic mass is 10.1. The van der Waals surface area contributed by atoms with Crippen LogP contribution in [0, 0.1) is 6.92 Å². The molecular formula is C27H26N2O7S. The van der Waals surface area contributed by atoms with Gasteiger partial charge in [-0.2, -0.15) is 0 Å². The maximum absolute atomic E-state index is 13.2. The molecule has 0 saturated carbocycles. The van der Waals surface area contributed by atoms with Crippen molar-refractivity contribution in [2.24, 2.45) is 0 Å². The van der Waals surface area contributed by atoms with E-state index in [2.05, 4.69) is 5.32 Å². The van der Waals surface area contributed by atoms with E-state index in [-0.39, 0.29) is 27.8 Å². The van der Waals surface area contributed by atoms with Gasteiger partial charge >= 0.3 is 5.97 Å². The third-order valence-electron chi connectivity index (χ3n) is 5.79. The van der Waals surface area contributed by atoms with Gasteiger partial charge in [0.15, 0.2) is 5.76 Å². The normalized spacial score (nSPS) is 11.3. The molecule has 0 radical (unpaired) electrons. The summed E-state index contributed by atoms with van der Waals surface area (Å²) in [6.45, 7) is 2.33. The Kier molecular flexibility index (Phi) is 7.49. The van der Waals surface area contributed by atoms with Crippen LogP contribution in [0.25, 0.3) is 11.0 Å². The van der Waals surface area contributed by atoms with E-state index in [1.807, 2.05) is 18.2 Å². The van der Waals surface area contributed by atoms with E-state index in [1.165, 1.54) is 37.4 Å². The van der Waals surface area contributed by atoms with Crippen LogP contribution in [0.15, 0.2) is 82.1 Å². The Morgan fingerprint density at radius 3 is 2.46 bits per heavy atom. The van der Waals surface area contributed by atoms with E-state index in [1.54, 1.807) is 31.2 Å². The minimum atomic E-state index is -4.00. The summed E-state index contributed by atoms with van der Waals surface area (Å²) < 4.78 is 38.5. The van der Waals surface area contributed by atoms with E-state index in [9.17, 15) is 23.1 Å². The van der Waals surface area contributed by atoms with Crippen molar-refractivity contribution in [2.75, 3.05) is 24.5 Å². The number of carboxylic acid groups (broad SMARTS) is 1. The van der Waals surface area contributed by atoms with Crippen molar-refractivity contribution in [3.05, 3.63) is 89.7 Å². The highest BCUT2D eigenvalue weighted by atomic mass is 32.2. The molecule has 3 aromatic carbocycles. The molecule has 0 unspecified atom stereocenters. The smallest absolute Gasteiger partial charge is 0.337 e. The van der Waals surface area contributed by atoms with Crippen LogP contribution in [0.5, 0.6) is 5.75 Å². The first kappa shape index (κ1) is 25.8. The molecule has 9 nitrogen and oxygen atoms in total. The molecule has 0 aliphatic rings. The Morgan fingerprint density at radius 2 is 1.76 bits per heavy atom. The summed E-state index contributed by atoms with van der Waals surface area (Å²) in [5.41, 5.74) is 1.19. The van der Waals surface area contributed by atoms with Gasteiger partial charge in [0.05, 0.1) is 22.8 Å². The average molecular weight is 523 g/mol. The number of aryl methyl sites for hydroxylation is 1. The largest absolute Gasteiger partial charge is 0.494 e. The van der Waals surface area contributed by atoms with Gasteiger partial charge in [-0.15, -0.1) is 0 Å². The number of carboxylic acids is 1. The van der Waals surface area contributed by atoms with Gasteiger partial charge in [0, 0.05) is 19.0 Å². The Labute approximate surface area is 214 Å². The number of rotatable bonds is 10. The second-order valence-corrected chi connectivity index (χ2v) is 10.3. The second-order valence-electron chi connectivity index (χ2n) is 8.33. The molecular weight excluding hydrogens is 496 g/mol. The summed E-state index contributed by atoms with van der Waals surface area (Å²) in [7, 11) is -2.68. The number of carbonyl (C=O) groups excluding carboxylic acids is 1. The molecule has 2 N–H and O–H groups in total. The fourth-order valence-electron chi connectivity index (χ4n) is 3.88. The number of nitrogens with one attached hydrogen (secondary N) is 1. The van der Waals surface area contributed by atoms with Gasteiger partial charge in [0.1, 0.15) is 11.3 Å². The number of amides is 1. The molecule has 37 heavy (non-hydrogen) atoms.